The van der Waals surface area contributed by atoms with Gasteiger partial charge < -0.3 is 0 Å². The number of rotatable bonds is 3. The van der Waals surface area contributed by atoms with Crippen molar-refractivity contribution in [3.63, 3.8) is 0 Å². The molecule has 2 aromatic rings. The largest absolute Gasteiger partial charge is 0.237 e. The Balaban J connectivity index is 2.28. The first-order chi connectivity index (χ1) is 7.70. The van der Waals surface area contributed by atoms with Crippen molar-refractivity contribution in [2.75, 3.05) is 0 Å². The maximum atomic E-state index is 5.71. The zero-order valence-electron chi connectivity index (χ0n) is 9.39. The quantitative estimate of drug-likeness (QED) is 0.766. The Labute approximate surface area is 100 Å². The van der Waals surface area contributed by atoms with E-state index in [1.807, 2.05) is 24.4 Å². The molecule has 0 aliphatic rings. The van der Waals surface area contributed by atoms with E-state index < -0.39 is 0 Å². The van der Waals surface area contributed by atoms with Crippen molar-refractivity contribution in [2.24, 2.45) is 0 Å². The highest BCUT2D eigenvalue weighted by atomic mass is 35.5. The fraction of sp³-hybridized carbons (Fsp3) is 0.333. The van der Waals surface area contributed by atoms with Crippen LogP contribution in [0.1, 0.15) is 31.0 Å². The Hall–Kier alpha value is -1.35. The maximum Gasteiger partial charge on any atom is 0.153 e. The van der Waals surface area contributed by atoms with Gasteiger partial charge >= 0.3 is 0 Å². The molecule has 0 amide bonds. The van der Waals surface area contributed by atoms with Gasteiger partial charge in [0.2, 0.25) is 0 Å². The highest BCUT2D eigenvalue weighted by Crippen LogP contribution is 2.13. The highest BCUT2D eigenvalue weighted by molar-refractivity contribution is 6.17. The van der Waals surface area contributed by atoms with Crippen molar-refractivity contribution in [2.45, 2.75) is 25.6 Å². The molecule has 2 heterocycles. The van der Waals surface area contributed by atoms with Crippen LogP contribution in [0.3, 0.4) is 0 Å². The predicted molar refractivity (Wildman–Crippen MR) is 65.0 cm³/mol. The number of hydrogen-bond acceptors (Lipinski definition) is 2. The zero-order valence-corrected chi connectivity index (χ0v) is 10.1. The lowest BCUT2D eigenvalue weighted by Crippen LogP contribution is -1.99. The molecular formula is C12H14ClN3. The van der Waals surface area contributed by atoms with E-state index in [0.29, 0.717) is 11.8 Å². The molecule has 0 saturated heterocycles. The van der Waals surface area contributed by atoms with Crippen molar-refractivity contribution < 1.29 is 0 Å². The van der Waals surface area contributed by atoms with Crippen LogP contribution >= 0.6 is 11.6 Å². The summed E-state index contributed by atoms with van der Waals surface area (Å²) in [6.45, 7) is 4.24. The van der Waals surface area contributed by atoms with Crippen LogP contribution in [0.25, 0.3) is 5.82 Å². The molecule has 84 valence electrons. The topological polar surface area (TPSA) is 30.7 Å². The summed E-state index contributed by atoms with van der Waals surface area (Å²) < 4.78 is 1.79. The van der Waals surface area contributed by atoms with E-state index >= 15 is 0 Å². The second-order valence-electron chi connectivity index (χ2n) is 4.00. The number of nitrogens with zero attached hydrogens (tertiary/aromatic N) is 3. The fourth-order valence-electron chi connectivity index (χ4n) is 1.40. The summed E-state index contributed by atoms with van der Waals surface area (Å²) in [7, 11) is 0. The van der Waals surface area contributed by atoms with Crippen LogP contribution in [0, 0.1) is 0 Å². The van der Waals surface area contributed by atoms with E-state index in [1.54, 1.807) is 10.9 Å². The monoisotopic (exact) mass is 235 g/mol. The van der Waals surface area contributed by atoms with Gasteiger partial charge in [-0.1, -0.05) is 19.9 Å². The van der Waals surface area contributed by atoms with Gasteiger partial charge in [-0.3, -0.25) is 0 Å². The smallest absolute Gasteiger partial charge is 0.153 e. The minimum atomic E-state index is 0.434. The minimum Gasteiger partial charge on any atom is -0.237 e. The van der Waals surface area contributed by atoms with E-state index in [0.717, 1.165) is 17.1 Å². The van der Waals surface area contributed by atoms with Gasteiger partial charge in [-0.15, -0.1) is 11.6 Å². The van der Waals surface area contributed by atoms with E-state index in [1.165, 1.54) is 0 Å². The number of aromatic nitrogens is 3. The molecule has 0 fully saturated rings. The second kappa shape index (κ2) is 4.66. The van der Waals surface area contributed by atoms with Crippen LogP contribution in [0.5, 0.6) is 0 Å². The Bertz CT molecular complexity index is 459. The Kier molecular flexibility index (Phi) is 3.25. The third kappa shape index (κ3) is 2.25. The predicted octanol–water partition coefficient (Wildman–Crippen LogP) is 3.13. The van der Waals surface area contributed by atoms with Crippen LogP contribution in [0.15, 0.2) is 30.6 Å². The number of alkyl halides is 1. The molecule has 2 rings (SSSR count). The number of halogens is 1. The molecule has 0 aliphatic heterocycles. The van der Waals surface area contributed by atoms with Crippen LogP contribution in [-0.2, 0) is 5.88 Å². The van der Waals surface area contributed by atoms with Gasteiger partial charge in [0, 0.05) is 18.3 Å². The number of pyridine rings is 1. The summed E-state index contributed by atoms with van der Waals surface area (Å²) in [5.74, 6) is 1.74. The normalized spacial score (nSPS) is 11.0. The SMILES string of the molecule is CC(C)c1ccn(-c2ccc(CCl)cn2)n1. The molecule has 2 aromatic heterocycles. The molecule has 0 radical (unpaired) electrons. The van der Waals surface area contributed by atoms with Crippen molar-refractivity contribution in [1.82, 2.24) is 14.8 Å². The molecule has 0 unspecified atom stereocenters. The van der Waals surface area contributed by atoms with Gasteiger partial charge in [0.15, 0.2) is 5.82 Å². The highest BCUT2D eigenvalue weighted by Gasteiger charge is 2.05. The molecule has 3 nitrogen and oxygen atoms in total. The summed E-state index contributed by atoms with van der Waals surface area (Å²) >= 11 is 5.71. The molecule has 0 saturated carbocycles. The lowest BCUT2D eigenvalue weighted by atomic mass is 10.1. The van der Waals surface area contributed by atoms with E-state index in [4.69, 9.17) is 11.6 Å². The zero-order chi connectivity index (χ0) is 11.5. The molecule has 0 spiro atoms. The fourth-order valence-corrected chi connectivity index (χ4v) is 1.56. The second-order valence-corrected chi connectivity index (χ2v) is 4.27. The molecule has 4 heteroatoms. The van der Waals surface area contributed by atoms with Crippen molar-refractivity contribution in [3.05, 3.63) is 41.9 Å². The summed E-state index contributed by atoms with van der Waals surface area (Å²) in [5.41, 5.74) is 2.09. The summed E-state index contributed by atoms with van der Waals surface area (Å²) in [4.78, 5) is 4.31. The first-order valence-corrected chi connectivity index (χ1v) is 5.81. The molecule has 0 atom stereocenters. The van der Waals surface area contributed by atoms with Crippen molar-refractivity contribution >= 4 is 11.6 Å². The van der Waals surface area contributed by atoms with Crippen molar-refractivity contribution in [1.29, 1.82) is 0 Å². The average molecular weight is 236 g/mol. The Morgan fingerprint density at radius 1 is 1.31 bits per heavy atom. The third-order valence-electron chi connectivity index (χ3n) is 2.40. The lowest BCUT2D eigenvalue weighted by Gasteiger charge is -2.02. The molecule has 16 heavy (non-hydrogen) atoms. The molecule has 0 bridgehead atoms. The summed E-state index contributed by atoms with van der Waals surface area (Å²) in [6.07, 6.45) is 3.71. The van der Waals surface area contributed by atoms with Gasteiger partial charge in [0.05, 0.1) is 5.69 Å². The van der Waals surface area contributed by atoms with Gasteiger partial charge in [0.1, 0.15) is 0 Å². The first-order valence-electron chi connectivity index (χ1n) is 5.27. The lowest BCUT2D eigenvalue weighted by molar-refractivity contribution is 0.757. The maximum absolute atomic E-state index is 5.71. The van der Waals surface area contributed by atoms with Gasteiger partial charge in [-0.2, -0.15) is 5.10 Å². The summed E-state index contributed by atoms with van der Waals surface area (Å²) in [6, 6.07) is 5.91. The van der Waals surface area contributed by atoms with Crippen molar-refractivity contribution in [3.8, 4) is 5.82 Å². The molecule has 0 N–H and O–H groups in total. The van der Waals surface area contributed by atoms with E-state index in [2.05, 4.69) is 23.9 Å². The molecule has 0 aromatic carbocycles. The molecule has 0 aliphatic carbocycles. The van der Waals surface area contributed by atoms with Crippen LogP contribution in [0.2, 0.25) is 0 Å². The standard InChI is InChI=1S/C12H14ClN3/c1-9(2)11-5-6-16(15-11)12-4-3-10(7-13)8-14-12/h3-6,8-9H,7H2,1-2H3. The van der Waals surface area contributed by atoms with Gasteiger partial charge in [-0.25, -0.2) is 9.67 Å². The third-order valence-corrected chi connectivity index (χ3v) is 2.71. The Morgan fingerprint density at radius 2 is 2.12 bits per heavy atom. The van der Waals surface area contributed by atoms with Gasteiger partial charge in [0.25, 0.3) is 0 Å². The van der Waals surface area contributed by atoms with E-state index in [9.17, 15) is 0 Å². The number of hydrogen-bond donors (Lipinski definition) is 0. The molecular weight excluding hydrogens is 222 g/mol. The van der Waals surface area contributed by atoms with Crippen LogP contribution < -0.4 is 0 Å². The van der Waals surface area contributed by atoms with Crippen LogP contribution in [0.4, 0.5) is 0 Å². The first kappa shape index (κ1) is 11.1. The van der Waals surface area contributed by atoms with Crippen LogP contribution in [-0.4, -0.2) is 14.8 Å². The average Bonchev–Trinajstić information content (AvgIpc) is 2.78. The summed E-state index contributed by atoms with van der Waals surface area (Å²) in [5, 5.41) is 4.46. The van der Waals surface area contributed by atoms with E-state index in [-0.39, 0.29) is 0 Å². The van der Waals surface area contributed by atoms with Gasteiger partial charge in [-0.05, 0) is 23.6 Å². The Morgan fingerprint density at radius 3 is 2.62 bits per heavy atom. The minimum absolute atomic E-state index is 0.434.